The largest absolute Gasteiger partial charge is 0.508 e. The van der Waals surface area contributed by atoms with Crippen molar-refractivity contribution in [3.05, 3.63) is 57.6 Å². The minimum absolute atomic E-state index is 0.00180. The van der Waals surface area contributed by atoms with Crippen molar-refractivity contribution in [2.45, 2.75) is 6.92 Å². The number of nitrogen functional groups attached to an aromatic ring is 1. The standard InChI is InChI=1S/C14H13N3O4/c1-8-2-3-9(6-11(8)15)14(19)16-12-5-4-10(18)7-13(12)17(20)21/h2-7,18H,15H2,1H3,(H,16,19). The topological polar surface area (TPSA) is 118 Å². The van der Waals surface area contributed by atoms with Gasteiger partial charge in [0, 0.05) is 11.3 Å². The van der Waals surface area contributed by atoms with Crippen LogP contribution in [0.1, 0.15) is 15.9 Å². The number of nitrogens with zero attached hydrogens (tertiary/aromatic N) is 1. The normalized spacial score (nSPS) is 10.1. The lowest BCUT2D eigenvalue weighted by atomic mass is 10.1. The van der Waals surface area contributed by atoms with Gasteiger partial charge in [-0.05, 0) is 36.8 Å². The molecule has 4 N–H and O–H groups in total. The predicted molar refractivity (Wildman–Crippen MR) is 78.3 cm³/mol. The minimum atomic E-state index is -0.682. The van der Waals surface area contributed by atoms with Gasteiger partial charge in [0.1, 0.15) is 11.4 Å². The lowest BCUT2D eigenvalue weighted by molar-refractivity contribution is -0.384. The van der Waals surface area contributed by atoms with E-state index in [9.17, 15) is 20.0 Å². The number of carbonyl (C=O) groups is 1. The number of anilines is 2. The summed E-state index contributed by atoms with van der Waals surface area (Å²) in [7, 11) is 0. The van der Waals surface area contributed by atoms with Crippen molar-refractivity contribution < 1.29 is 14.8 Å². The number of aromatic hydroxyl groups is 1. The van der Waals surface area contributed by atoms with Crippen molar-refractivity contribution in [1.29, 1.82) is 0 Å². The summed E-state index contributed by atoms with van der Waals surface area (Å²) < 4.78 is 0. The molecule has 0 atom stereocenters. The summed E-state index contributed by atoms with van der Waals surface area (Å²) in [6.07, 6.45) is 0. The third-order valence-corrected chi connectivity index (χ3v) is 2.97. The molecule has 0 aliphatic carbocycles. The van der Waals surface area contributed by atoms with Crippen molar-refractivity contribution in [1.82, 2.24) is 0 Å². The van der Waals surface area contributed by atoms with E-state index < -0.39 is 10.8 Å². The summed E-state index contributed by atoms with van der Waals surface area (Å²) in [5.41, 5.74) is 6.93. The number of aryl methyl sites for hydroxylation is 1. The van der Waals surface area contributed by atoms with Gasteiger partial charge in [0.15, 0.2) is 0 Å². The van der Waals surface area contributed by atoms with Crippen LogP contribution in [0.5, 0.6) is 5.75 Å². The summed E-state index contributed by atoms with van der Waals surface area (Å²) in [6, 6.07) is 8.26. The van der Waals surface area contributed by atoms with Crippen LogP contribution in [-0.4, -0.2) is 15.9 Å². The van der Waals surface area contributed by atoms with Crippen LogP contribution in [0, 0.1) is 17.0 Å². The molecule has 21 heavy (non-hydrogen) atoms. The second kappa shape index (κ2) is 5.49. The van der Waals surface area contributed by atoms with E-state index in [1.165, 1.54) is 18.2 Å². The molecule has 1 amide bonds. The number of carbonyl (C=O) groups excluding carboxylic acids is 1. The van der Waals surface area contributed by atoms with Crippen molar-refractivity contribution >= 4 is 23.0 Å². The molecule has 0 spiro atoms. The second-order valence-electron chi connectivity index (χ2n) is 4.48. The van der Waals surface area contributed by atoms with Crippen LogP contribution in [-0.2, 0) is 0 Å². The third kappa shape index (κ3) is 3.08. The molecule has 0 saturated carbocycles. The van der Waals surface area contributed by atoms with Gasteiger partial charge in [-0.1, -0.05) is 6.07 Å². The molecule has 0 aliphatic rings. The summed E-state index contributed by atoms with van der Waals surface area (Å²) in [5.74, 6) is -0.769. The number of hydrogen-bond donors (Lipinski definition) is 3. The Bertz CT molecular complexity index is 728. The van der Waals surface area contributed by atoms with Crippen LogP contribution >= 0.6 is 0 Å². The number of phenolic OH excluding ortho intramolecular Hbond substituents is 1. The molecule has 7 heteroatoms. The number of benzene rings is 2. The maximum Gasteiger partial charge on any atom is 0.296 e. The van der Waals surface area contributed by atoms with Crippen molar-refractivity contribution in [2.24, 2.45) is 0 Å². The molecule has 0 aliphatic heterocycles. The van der Waals surface area contributed by atoms with Gasteiger partial charge in [-0.2, -0.15) is 0 Å². The molecule has 0 heterocycles. The summed E-state index contributed by atoms with van der Waals surface area (Å²) in [6.45, 7) is 1.81. The predicted octanol–water partition coefficient (Wildman–Crippen LogP) is 2.44. The Morgan fingerprint density at radius 2 is 2.00 bits per heavy atom. The van der Waals surface area contributed by atoms with Gasteiger partial charge in [-0.15, -0.1) is 0 Å². The Morgan fingerprint density at radius 3 is 2.62 bits per heavy atom. The zero-order valence-electron chi connectivity index (χ0n) is 11.2. The van der Waals surface area contributed by atoms with E-state index in [0.717, 1.165) is 11.6 Å². The number of nitrogens with two attached hydrogens (primary N) is 1. The summed E-state index contributed by atoms with van der Waals surface area (Å²) in [5, 5.41) is 22.6. The number of hydrogen-bond acceptors (Lipinski definition) is 5. The molecule has 0 bridgehead atoms. The Hall–Kier alpha value is -3.09. The number of rotatable bonds is 3. The highest BCUT2D eigenvalue weighted by Gasteiger charge is 2.17. The van der Waals surface area contributed by atoms with Crippen LogP contribution in [0.4, 0.5) is 17.1 Å². The average Bonchev–Trinajstić information content (AvgIpc) is 2.43. The van der Waals surface area contributed by atoms with Gasteiger partial charge in [-0.3, -0.25) is 14.9 Å². The maximum absolute atomic E-state index is 12.1. The fraction of sp³-hybridized carbons (Fsp3) is 0.0714. The van der Waals surface area contributed by atoms with Gasteiger partial charge < -0.3 is 16.2 Å². The maximum atomic E-state index is 12.1. The molecule has 0 saturated heterocycles. The molecule has 2 rings (SSSR count). The van der Waals surface area contributed by atoms with E-state index in [2.05, 4.69) is 5.32 Å². The van der Waals surface area contributed by atoms with Gasteiger partial charge in [0.25, 0.3) is 11.6 Å². The Balaban J connectivity index is 2.31. The first kappa shape index (κ1) is 14.3. The lowest BCUT2D eigenvalue weighted by Crippen LogP contribution is -2.13. The highest BCUT2D eigenvalue weighted by atomic mass is 16.6. The Morgan fingerprint density at radius 1 is 1.29 bits per heavy atom. The van der Waals surface area contributed by atoms with E-state index in [0.29, 0.717) is 11.3 Å². The van der Waals surface area contributed by atoms with Crippen LogP contribution in [0.2, 0.25) is 0 Å². The fourth-order valence-electron chi connectivity index (χ4n) is 1.75. The molecule has 0 unspecified atom stereocenters. The van der Waals surface area contributed by atoms with Crippen LogP contribution in [0.25, 0.3) is 0 Å². The number of amides is 1. The van der Waals surface area contributed by atoms with Gasteiger partial charge in [-0.25, -0.2) is 0 Å². The van der Waals surface area contributed by atoms with E-state index >= 15 is 0 Å². The zero-order valence-corrected chi connectivity index (χ0v) is 11.2. The zero-order chi connectivity index (χ0) is 15.6. The number of nitrogens with one attached hydrogen (secondary N) is 1. The third-order valence-electron chi connectivity index (χ3n) is 2.97. The Labute approximate surface area is 120 Å². The monoisotopic (exact) mass is 287 g/mol. The molecule has 108 valence electrons. The van der Waals surface area contributed by atoms with Gasteiger partial charge in [0.05, 0.1) is 11.0 Å². The lowest BCUT2D eigenvalue weighted by Gasteiger charge is -2.08. The molecular weight excluding hydrogens is 274 g/mol. The first-order chi connectivity index (χ1) is 9.88. The molecule has 2 aromatic rings. The summed E-state index contributed by atoms with van der Waals surface area (Å²) >= 11 is 0. The first-order valence-corrected chi connectivity index (χ1v) is 6.03. The first-order valence-electron chi connectivity index (χ1n) is 6.03. The molecular formula is C14H13N3O4. The van der Waals surface area contributed by atoms with E-state index in [1.54, 1.807) is 12.1 Å². The van der Waals surface area contributed by atoms with Crippen LogP contribution in [0.15, 0.2) is 36.4 Å². The number of phenols is 1. The van der Waals surface area contributed by atoms with Crippen molar-refractivity contribution in [3.63, 3.8) is 0 Å². The van der Waals surface area contributed by atoms with E-state index in [-0.39, 0.29) is 17.1 Å². The minimum Gasteiger partial charge on any atom is -0.508 e. The average molecular weight is 287 g/mol. The molecule has 2 aromatic carbocycles. The van der Waals surface area contributed by atoms with E-state index in [4.69, 9.17) is 5.73 Å². The SMILES string of the molecule is Cc1ccc(C(=O)Nc2ccc(O)cc2[N+](=O)[O-])cc1N. The van der Waals surface area contributed by atoms with Crippen molar-refractivity contribution in [2.75, 3.05) is 11.1 Å². The number of nitro benzene ring substituents is 1. The highest BCUT2D eigenvalue weighted by molar-refractivity contribution is 6.06. The molecule has 0 fully saturated rings. The molecule has 7 nitrogen and oxygen atoms in total. The molecule has 0 aromatic heterocycles. The van der Waals surface area contributed by atoms with Crippen LogP contribution in [0.3, 0.4) is 0 Å². The Kier molecular flexibility index (Phi) is 3.75. The number of nitro groups is 1. The quantitative estimate of drug-likeness (QED) is 0.347. The molecule has 0 radical (unpaired) electrons. The van der Waals surface area contributed by atoms with Crippen LogP contribution < -0.4 is 11.1 Å². The van der Waals surface area contributed by atoms with Gasteiger partial charge >= 0.3 is 0 Å². The fourth-order valence-corrected chi connectivity index (χ4v) is 1.75. The van der Waals surface area contributed by atoms with Crippen molar-refractivity contribution in [3.8, 4) is 5.75 Å². The second-order valence-corrected chi connectivity index (χ2v) is 4.48. The van der Waals surface area contributed by atoms with Gasteiger partial charge in [0.2, 0.25) is 0 Å². The highest BCUT2D eigenvalue weighted by Crippen LogP contribution is 2.28. The summed E-state index contributed by atoms with van der Waals surface area (Å²) in [4.78, 5) is 22.3. The van der Waals surface area contributed by atoms with E-state index in [1.807, 2.05) is 6.92 Å². The smallest absolute Gasteiger partial charge is 0.296 e.